The van der Waals surface area contributed by atoms with Crippen molar-refractivity contribution in [1.29, 1.82) is 0 Å². The summed E-state index contributed by atoms with van der Waals surface area (Å²) >= 11 is 0. The van der Waals surface area contributed by atoms with Gasteiger partial charge in [0.1, 0.15) is 12.2 Å². The summed E-state index contributed by atoms with van der Waals surface area (Å²) in [6.07, 6.45) is 3.26. The molecule has 0 fully saturated rings. The second-order valence-corrected chi connectivity index (χ2v) is 3.63. The van der Waals surface area contributed by atoms with Gasteiger partial charge >= 0.3 is 5.97 Å². The molecule has 0 atom stereocenters. The van der Waals surface area contributed by atoms with Crippen molar-refractivity contribution in [3.8, 4) is 0 Å². The van der Waals surface area contributed by atoms with E-state index >= 15 is 0 Å². The molecule has 0 spiro atoms. The minimum Gasteiger partial charge on any atom is -0.469 e. The van der Waals surface area contributed by atoms with E-state index < -0.39 is 5.97 Å². The van der Waals surface area contributed by atoms with Crippen molar-refractivity contribution in [3.05, 3.63) is 11.6 Å². The Morgan fingerprint density at radius 2 is 2.19 bits per heavy atom. The molecule has 0 aromatic heterocycles. The maximum absolute atomic E-state index is 11.2. The smallest absolute Gasteiger partial charge is 0.315 e. The lowest BCUT2D eigenvalue weighted by Crippen LogP contribution is -2.28. The number of carbonyl (C=O) groups excluding carboxylic acids is 3. The van der Waals surface area contributed by atoms with Gasteiger partial charge in [0, 0.05) is 19.4 Å². The van der Waals surface area contributed by atoms with Gasteiger partial charge in [-0.1, -0.05) is 11.6 Å². The number of nitrogens with one attached hydrogen (secondary N) is 1. The number of carbonyl (C=O) groups is 3. The highest BCUT2D eigenvalue weighted by Gasteiger charge is 2.12. The third kappa shape index (κ3) is 4.25. The molecule has 0 unspecified atom stereocenters. The van der Waals surface area contributed by atoms with E-state index in [0.717, 1.165) is 5.57 Å². The number of allylic oxidation sites excluding steroid dienone is 1. The lowest BCUT2D eigenvalue weighted by atomic mass is 9.98. The van der Waals surface area contributed by atoms with Gasteiger partial charge in [-0.15, -0.1) is 0 Å². The van der Waals surface area contributed by atoms with Crippen molar-refractivity contribution < 1.29 is 19.1 Å². The molecule has 0 aliphatic heterocycles. The molecule has 1 N–H and O–H groups in total. The van der Waals surface area contributed by atoms with Crippen LogP contribution in [0.3, 0.4) is 0 Å². The van der Waals surface area contributed by atoms with Gasteiger partial charge in [0.15, 0.2) is 0 Å². The summed E-state index contributed by atoms with van der Waals surface area (Å²) < 4.78 is 4.37. The van der Waals surface area contributed by atoms with Crippen molar-refractivity contribution in [2.45, 2.75) is 25.7 Å². The number of ether oxygens (including phenoxy) is 1. The lowest BCUT2D eigenvalue weighted by molar-refractivity contribution is -0.143. The van der Waals surface area contributed by atoms with E-state index in [0.29, 0.717) is 25.8 Å². The molecule has 1 aliphatic carbocycles. The van der Waals surface area contributed by atoms with Crippen LogP contribution in [0.2, 0.25) is 0 Å². The van der Waals surface area contributed by atoms with Gasteiger partial charge in [-0.25, -0.2) is 0 Å². The van der Waals surface area contributed by atoms with Gasteiger partial charge < -0.3 is 10.1 Å². The zero-order chi connectivity index (χ0) is 12.0. The minimum absolute atomic E-state index is 0.227. The van der Waals surface area contributed by atoms with Crippen LogP contribution in [0.5, 0.6) is 0 Å². The summed E-state index contributed by atoms with van der Waals surface area (Å²) in [7, 11) is 1.24. The minimum atomic E-state index is -0.551. The van der Waals surface area contributed by atoms with Crippen LogP contribution in [0.4, 0.5) is 0 Å². The quantitative estimate of drug-likeness (QED) is 0.425. The van der Waals surface area contributed by atoms with E-state index in [2.05, 4.69) is 10.1 Å². The van der Waals surface area contributed by atoms with Crippen molar-refractivity contribution in [2.75, 3.05) is 13.7 Å². The summed E-state index contributed by atoms with van der Waals surface area (Å²) in [6.45, 7) is 0.406. The Labute approximate surface area is 93.8 Å². The first-order chi connectivity index (χ1) is 7.61. The fourth-order valence-electron chi connectivity index (χ4n) is 1.40. The Bertz CT molecular complexity index is 333. The molecule has 16 heavy (non-hydrogen) atoms. The van der Waals surface area contributed by atoms with Gasteiger partial charge in [0.2, 0.25) is 5.91 Å². The maximum Gasteiger partial charge on any atom is 0.315 e. The second kappa shape index (κ2) is 6.05. The molecule has 0 bridgehead atoms. The maximum atomic E-state index is 11.2. The number of rotatable bonds is 4. The van der Waals surface area contributed by atoms with E-state index in [1.54, 1.807) is 0 Å². The van der Waals surface area contributed by atoms with E-state index in [1.807, 2.05) is 6.08 Å². The normalized spacial score (nSPS) is 15.3. The van der Waals surface area contributed by atoms with Gasteiger partial charge in [0.25, 0.3) is 0 Å². The predicted molar refractivity (Wildman–Crippen MR) is 56.6 cm³/mol. The molecule has 88 valence electrons. The number of Topliss-reactive ketones (excluding diaryl/α,β-unsaturated/α-hetero) is 1. The SMILES string of the molecule is COC(=O)CC(=O)NCC1=CCC(=O)CC1. The Morgan fingerprint density at radius 3 is 2.75 bits per heavy atom. The largest absolute Gasteiger partial charge is 0.469 e. The Morgan fingerprint density at radius 1 is 1.44 bits per heavy atom. The third-order valence-electron chi connectivity index (χ3n) is 2.39. The summed E-state index contributed by atoms with van der Waals surface area (Å²) in [5, 5.41) is 2.61. The van der Waals surface area contributed by atoms with Crippen LogP contribution >= 0.6 is 0 Å². The monoisotopic (exact) mass is 225 g/mol. The van der Waals surface area contributed by atoms with Crippen LogP contribution in [-0.2, 0) is 19.1 Å². The number of ketones is 1. The molecule has 0 radical (unpaired) electrons. The highest BCUT2D eigenvalue weighted by Crippen LogP contribution is 2.13. The number of amides is 1. The molecule has 0 saturated carbocycles. The first kappa shape index (κ1) is 12.4. The molecule has 0 aromatic rings. The average molecular weight is 225 g/mol. The molecular formula is C11H15NO4. The second-order valence-electron chi connectivity index (χ2n) is 3.63. The molecular weight excluding hydrogens is 210 g/mol. The first-order valence-corrected chi connectivity index (χ1v) is 5.15. The molecule has 1 rings (SSSR count). The molecule has 5 nitrogen and oxygen atoms in total. The van der Waals surface area contributed by atoms with Crippen LogP contribution in [0.1, 0.15) is 25.7 Å². The molecule has 1 amide bonds. The van der Waals surface area contributed by atoms with Gasteiger partial charge in [-0.3, -0.25) is 14.4 Å². The van der Waals surface area contributed by atoms with Crippen LogP contribution in [0.25, 0.3) is 0 Å². The number of hydrogen-bond acceptors (Lipinski definition) is 4. The van der Waals surface area contributed by atoms with Gasteiger partial charge in [-0.05, 0) is 6.42 Å². The van der Waals surface area contributed by atoms with Gasteiger partial charge in [0.05, 0.1) is 7.11 Å². The third-order valence-corrected chi connectivity index (χ3v) is 2.39. The number of methoxy groups -OCH3 is 1. The summed E-state index contributed by atoms with van der Waals surface area (Å²) in [4.78, 5) is 32.9. The van der Waals surface area contributed by atoms with E-state index in [4.69, 9.17) is 0 Å². The zero-order valence-corrected chi connectivity index (χ0v) is 9.25. The van der Waals surface area contributed by atoms with E-state index in [-0.39, 0.29) is 18.1 Å². The first-order valence-electron chi connectivity index (χ1n) is 5.15. The number of hydrogen-bond donors (Lipinski definition) is 1. The van der Waals surface area contributed by atoms with Crippen LogP contribution < -0.4 is 5.32 Å². The topological polar surface area (TPSA) is 72.5 Å². The zero-order valence-electron chi connectivity index (χ0n) is 9.25. The van der Waals surface area contributed by atoms with Crippen molar-refractivity contribution in [3.63, 3.8) is 0 Å². The average Bonchev–Trinajstić information content (AvgIpc) is 2.28. The van der Waals surface area contributed by atoms with Crippen molar-refractivity contribution >= 4 is 17.7 Å². The van der Waals surface area contributed by atoms with E-state index in [1.165, 1.54) is 7.11 Å². The fourth-order valence-corrected chi connectivity index (χ4v) is 1.40. The highest BCUT2D eigenvalue weighted by atomic mass is 16.5. The van der Waals surface area contributed by atoms with Crippen LogP contribution in [0, 0.1) is 0 Å². The fraction of sp³-hybridized carbons (Fsp3) is 0.545. The summed E-state index contributed by atoms with van der Waals surface area (Å²) in [5.74, 6) is -0.681. The lowest BCUT2D eigenvalue weighted by Gasteiger charge is -2.12. The molecule has 1 aliphatic rings. The Balaban J connectivity index is 2.27. The summed E-state index contributed by atoms with van der Waals surface area (Å²) in [6, 6.07) is 0. The van der Waals surface area contributed by atoms with Crippen LogP contribution in [-0.4, -0.2) is 31.3 Å². The number of esters is 1. The van der Waals surface area contributed by atoms with Crippen molar-refractivity contribution in [2.24, 2.45) is 0 Å². The van der Waals surface area contributed by atoms with Gasteiger partial charge in [-0.2, -0.15) is 0 Å². The highest BCUT2D eigenvalue weighted by molar-refractivity contribution is 5.94. The van der Waals surface area contributed by atoms with E-state index in [9.17, 15) is 14.4 Å². The van der Waals surface area contributed by atoms with Crippen LogP contribution in [0.15, 0.2) is 11.6 Å². The predicted octanol–water partition coefficient (Wildman–Crippen LogP) is 0.345. The van der Waals surface area contributed by atoms with Crippen molar-refractivity contribution in [1.82, 2.24) is 5.32 Å². The standard InChI is InChI=1S/C11H15NO4/c1-16-11(15)6-10(14)12-7-8-2-4-9(13)5-3-8/h2H,3-7H2,1H3,(H,12,14). The Kier molecular flexibility index (Phi) is 4.69. The molecule has 0 heterocycles. The molecule has 0 aromatic carbocycles. The molecule has 5 heteroatoms. The molecule has 0 saturated heterocycles. The Hall–Kier alpha value is -1.65. The summed E-state index contributed by atoms with van der Waals surface area (Å²) in [5.41, 5.74) is 1.04.